The molecule has 6 heteroatoms. The summed E-state index contributed by atoms with van der Waals surface area (Å²) in [6.45, 7) is 3.93. The van der Waals surface area contributed by atoms with Gasteiger partial charge in [-0.05, 0) is 31.6 Å². The predicted molar refractivity (Wildman–Crippen MR) is 79.4 cm³/mol. The van der Waals surface area contributed by atoms with Crippen molar-refractivity contribution in [1.82, 2.24) is 4.90 Å². The zero-order valence-electron chi connectivity index (χ0n) is 11.6. The summed E-state index contributed by atoms with van der Waals surface area (Å²) in [5.74, 6) is -1.01. The van der Waals surface area contributed by atoms with Crippen molar-refractivity contribution in [2.24, 2.45) is 10.9 Å². The van der Waals surface area contributed by atoms with Crippen LogP contribution in [-0.2, 0) is 14.3 Å². The summed E-state index contributed by atoms with van der Waals surface area (Å²) in [5.41, 5.74) is 0.873. The lowest BCUT2D eigenvalue weighted by Crippen LogP contribution is -2.50. The molecule has 1 aliphatic carbocycles. The molecule has 0 aromatic carbocycles. The summed E-state index contributed by atoms with van der Waals surface area (Å²) in [4.78, 5) is 29.8. The fourth-order valence-corrected chi connectivity index (χ4v) is 2.52. The van der Waals surface area contributed by atoms with Crippen molar-refractivity contribution in [2.75, 3.05) is 7.11 Å². The molecule has 2 unspecified atom stereocenters. The van der Waals surface area contributed by atoms with Gasteiger partial charge in [-0.15, -0.1) is 0 Å². The number of rotatable bonds is 3. The lowest BCUT2D eigenvalue weighted by Gasteiger charge is -2.34. The molecule has 2 atom stereocenters. The van der Waals surface area contributed by atoms with E-state index in [0.29, 0.717) is 11.3 Å². The Morgan fingerprint density at radius 2 is 2.30 bits per heavy atom. The van der Waals surface area contributed by atoms with E-state index >= 15 is 0 Å². The van der Waals surface area contributed by atoms with Gasteiger partial charge in [0.2, 0.25) is 11.0 Å². The minimum Gasteiger partial charge on any atom is -0.465 e. The SMILES string of the molecule is CCC(C)N1C(=O)C2C=CC(C(=O)OC)=CC2=NC1=S. The standard InChI is InChI=1S/C14H16N2O3S/c1-4-8(2)16-12(17)10-6-5-9(13(18)19-3)7-11(10)15-14(16)20/h5-8,10H,4H2,1-3H3. The second-order valence-electron chi connectivity index (χ2n) is 4.71. The molecule has 0 radical (unpaired) electrons. The summed E-state index contributed by atoms with van der Waals surface area (Å²) < 4.78 is 4.66. The monoisotopic (exact) mass is 292 g/mol. The van der Waals surface area contributed by atoms with Crippen LogP contribution in [0.5, 0.6) is 0 Å². The zero-order valence-corrected chi connectivity index (χ0v) is 12.4. The molecule has 2 rings (SSSR count). The highest BCUT2D eigenvalue weighted by molar-refractivity contribution is 7.80. The van der Waals surface area contributed by atoms with E-state index in [0.717, 1.165) is 6.42 Å². The molecule has 0 fully saturated rings. The number of hydrogen-bond acceptors (Lipinski definition) is 4. The van der Waals surface area contributed by atoms with Crippen LogP contribution in [-0.4, -0.2) is 40.8 Å². The van der Waals surface area contributed by atoms with Crippen molar-refractivity contribution < 1.29 is 14.3 Å². The maximum atomic E-state index is 12.5. The van der Waals surface area contributed by atoms with Crippen molar-refractivity contribution in [3.63, 3.8) is 0 Å². The summed E-state index contributed by atoms with van der Waals surface area (Å²) >= 11 is 5.20. The van der Waals surface area contributed by atoms with E-state index in [4.69, 9.17) is 12.2 Å². The van der Waals surface area contributed by atoms with Gasteiger partial charge in [0.15, 0.2) is 0 Å². The Labute approximate surface area is 123 Å². The highest BCUT2D eigenvalue weighted by Gasteiger charge is 2.37. The maximum Gasteiger partial charge on any atom is 0.337 e. The van der Waals surface area contributed by atoms with Crippen LogP contribution >= 0.6 is 12.2 Å². The summed E-state index contributed by atoms with van der Waals surface area (Å²) in [6, 6.07) is 0.0136. The Morgan fingerprint density at radius 3 is 2.90 bits per heavy atom. The normalized spacial score (nSPS) is 22.9. The van der Waals surface area contributed by atoms with Crippen LogP contribution in [0.15, 0.2) is 28.8 Å². The zero-order chi connectivity index (χ0) is 14.9. The van der Waals surface area contributed by atoms with Crippen molar-refractivity contribution >= 4 is 34.9 Å². The Bertz CT molecular complexity index is 563. The molecular weight excluding hydrogens is 276 g/mol. The Balaban J connectivity index is 2.36. The number of nitrogens with zero attached hydrogens (tertiary/aromatic N) is 2. The Morgan fingerprint density at radius 1 is 1.60 bits per heavy atom. The lowest BCUT2D eigenvalue weighted by atomic mass is 9.91. The average Bonchev–Trinajstić information content (AvgIpc) is 2.45. The van der Waals surface area contributed by atoms with E-state index < -0.39 is 11.9 Å². The molecular formula is C14H16N2O3S. The first-order chi connectivity index (χ1) is 9.49. The van der Waals surface area contributed by atoms with E-state index in [1.165, 1.54) is 7.11 Å². The summed E-state index contributed by atoms with van der Waals surface area (Å²) in [6.07, 6.45) is 5.63. The molecule has 0 aromatic heterocycles. The summed E-state index contributed by atoms with van der Waals surface area (Å²) in [5, 5.41) is 0.256. The van der Waals surface area contributed by atoms with Crippen LogP contribution in [0.1, 0.15) is 20.3 Å². The minimum atomic E-state index is -0.468. The van der Waals surface area contributed by atoms with Gasteiger partial charge in [0, 0.05) is 6.04 Å². The van der Waals surface area contributed by atoms with Gasteiger partial charge in [0.1, 0.15) is 0 Å². The molecule has 2 aliphatic rings. The van der Waals surface area contributed by atoms with E-state index in [9.17, 15) is 9.59 Å². The van der Waals surface area contributed by atoms with Gasteiger partial charge < -0.3 is 4.74 Å². The third-order valence-electron chi connectivity index (χ3n) is 3.48. The third-order valence-corrected chi connectivity index (χ3v) is 3.77. The van der Waals surface area contributed by atoms with Gasteiger partial charge in [0.25, 0.3) is 0 Å². The van der Waals surface area contributed by atoms with Crippen LogP contribution < -0.4 is 0 Å². The number of carbonyl (C=O) groups excluding carboxylic acids is 2. The van der Waals surface area contributed by atoms with Crippen molar-refractivity contribution in [2.45, 2.75) is 26.3 Å². The number of allylic oxidation sites excluding steroid dienone is 1. The van der Waals surface area contributed by atoms with Crippen LogP contribution in [0.2, 0.25) is 0 Å². The molecule has 1 aliphatic heterocycles. The molecule has 0 saturated carbocycles. The van der Waals surface area contributed by atoms with Crippen LogP contribution in [0.25, 0.3) is 0 Å². The number of aliphatic imine (C=N–C) groups is 1. The lowest BCUT2D eigenvalue weighted by molar-refractivity contribution is -0.136. The quantitative estimate of drug-likeness (QED) is 0.586. The molecule has 1 heterocycles. The average molecular weight is 292 g/mol. The first-order valence-corrected chi connectivity index (χ1v) is 6.84. The highest BCUT2D eigenvalue weighted by Crippen LogP contribution is 2.24. The second-order valence-corrected chi connectivity index (χ2v) is 5.08. The van der Waals surface area contributed by atoms with Crippen molar-refractivity contribution in [3.05, 3.63) is 23.8 Å². The van der Waals surface area contributed by atoms with Gasteiger partial charge in [-0.1, -0.05) is 19.1 Å². The smallest absolute Gasteiger partial charge is 0.337 e. The van der Waals surface area contributed by atoms with E-state index in [2.05, 4.69) is 9.73 Å². The van der Waals surface area contributed by atoms with Gasteiger partial charge in [-0.3, -0.25) is 9.69 Å². The van der Waals surface area contributed by atoms with Gasteiger partial charge in [0.05, 0.1) is 24.3 Å². The molecule has 0 bridgehead atoms. The molecule has 1 amide bonds. The number of ether oxygens (including phenoxy) is 1. The van der Waals surface area contributed by atoms with Gasteiger partial charge >= 0.3 is 5.97 Å². The number of carbonyl (C=O) groups is 2. The Kier molecular flexibility index (Phi) is 4.13. The molecule has 20 heavy (non-hydrogen) atoms. The maximum absolute atomic E-state index is 12.5. The van der Waals surface area contributed by atoms with E-state index in [1.807, 2.05) is 13.8 Å². The summed E-state index contributed by atoms with van der Waals surface area (Å²) in [7, 11) is 1.31. The molecule has 0 N–H and O–H groups in total. The first kappa shape index (κ1) is 14.6. The Hall–Kier alpha value is -1.82. The van der Waals surface area contributed by atoms with Crippen LogP contribution in [0.4, 0.5) is 0 Å². The molecule has 0 saturated heterocycles. The van der Waals surface area contributed by atoms with E-state index in [-0.39, 0.29) is 17.1 Å². The topological polar surface area (TPSA) is 59.0 Å². The molecule has 0 aromatic rings. The number of amides is 1. The number of methoxy groups -OCH3 is 1. The molecule has 0 spiro atoms. The van der Waals surface area contributed by atoms with Crippen molar-refractivity contribution in [3.8, 4) is 0 Å². The third kappa shape index (κ3) is 2.43. The minimum absolute atomic E-state index is 0.0136. The van der Waals surface area contributed by atoms with Gasteiger partial charge in [-0.2, -0.15) is 0 Å². The number of thiocarbonyl (C=S) groups is 1. The predicted octanol–water partition coefficient (Wildman–Crippen LogP) is 1.64. The number of fused-ring (bicyclic) bond motifs is 1. The number of hydrogen-bond donors (Lipinski definition) is 0. The second kappa shape index (κ2) is 5.66. The van der Waals surface area contributed by atoms with Crippen LogP contribution in [0, 0.1) is 5.92 Å². The molecule has 5 nitrogen and oxygen atoms in total. The fourth-order valence-electron chi connectivity index (χ4n) is 2.15. The first-order valence-electron chi connectivity index (χ1n) is 6.43. The van der Waals surface area contributed by atoms with Gasteiger partial charge in [-0.25, -0.2) is 9.79 Å². The van der Waals surface area contributed by atoms with E-state index in [1.54, 1.807) is 23.1 Å². The largest absolute Gasteiger partial charge is 0.465 e. The highest BCUT2D eigenvalue weighted by atomic mass is 32.1. The molecule has 106 valence electrons. The fraction of sp³-hybridized carbons (Fsp3) is 0.429. The van der Waals surface area contributed by atoms with Crippen LogP contribution in [0.3, 0.4) is 0 Å². The van der Waals surface area contributed by atoms with Crippen molar-refractivity contribution in [1.29, 1.82) is 0 Å². The number of esters is 1.